The highest BCUT2D eigenvalue weighted by atomic mass is 16.5. The summed E-state index contributed by atoms with van der Waals surface area (Å²) in [7, 11) is 0. The maximum Gasteiger partial charge on any atom is 0.359 e. The minimum atomic E-state index is -0.419. The molecule has 0 amide bonds. The summed E-state index contributed by atoms with van der Waals surface area (Å²) in [5.41, 5.74) is 1.14. The molecule has 1 N–H and O–H groups in total. The van der Waals surface area contributed by atoms with Gasteiger partial charge in [-0.3, -0.25) is 5.10 Å². The summed E-state index contributed by atoms with van der Waals surface area (Å²) in [5, 5.41) is 7.60. The molecule has 1 aromatic heterocycles. The second-order valence-electron chi connectivity index (χ2n) is 4.77. The van der Waals surface area contributed by atoms with Gasteiger partial charge >= 0.3 is 5.97 Å². The summed E-state index contributed by atoms with van der Waals surface area (Å²) < 4.78 is 10.8. The third kappa shape index (κ3) is 3.25. The summed E-state index contributed by atoms with van der Waals surface area (Å²) in [6, 6.07) is 17.0. The standard InChI is InChI=1S/C17H16N2O3/c20-17(16-14-9-4-5-10-15(14)18-19-16)22-12-6-11-21-13-7-2-1-3-8-13/h1-5,7-10H,6,11-12H2,(H,18,19). The van der Waals surface area contributed by atoms with Crippen LogP contribution < -0.4 is 4.74 Å². The summed E-state index contributed by atoms with van der Waals surface area (Å²) in [4.78, 5) is 12.0. The average Bonchev–Trinajstić information content (AvgIpc) is 2.99. The fraction of sp³-hybridized carbons (Fsp3) is 0.176. The fourth-order valence-electron chi connectivity index (χ4n) is 2.12. The van der Waals surface area contributed by atoms with Crippen molar-refractivity contribution in [2.45, 2.75) is 6.42 Å². The number of aromatic nitrogens is 2. The molecule has 0 aliphatic carbocycles. The SMILES string of the molecule is O=C(OCCCOc1ccccc1)c1n[nH]c2ccccc12. The van der Waals surface area contributed by atoms with Crippen LogP contribution in [0.2, 0.25) is 0 Å². The van der Waals surface area contributed by atoms with E-state index in [9.17, 15) is 4.79 Å². The maximum atomic E-state index is 12.0. The minimum Gasteiger partial charge on any atom is -0.493 e. The van der Waals surface area contributed by atoms with E-state index in [0.29, 0.717) is 25.3 Å². The van der Waals surface area contributed by atoms with Crippen LogP contribution in [0, 0.1) is 0 Å². The average molecular weight is 296 g/mol. The van der Waals surface area contributed by atoms with Crippen molar-refractivity contribution in [3.8, 4) is 5.75 Å². The molecular formula is C17H16N2O3. The molecule has 0 saturated heterocycles. The molecule has 112 valence electrons. The van der Waals surface area contributed by atoms with Gasteiger partial charge in [0, 0.05) is 11.8 Å². The number of para-hydroxylation sites is 2. The molecule has 3 aromatic rings. The number of esters is 1. The van der Waals surface area contributed by atoms with E-state index in [-0.39, 0.29) is 0 Å². The van der Waals surface area contributed by atoms with E-state index in [1.54, 1.807) is 0 Å². The number of ether oxygens (including phenoxy) is 2. The quantitative estimate of drug-likeness (QED) is 0.560. The van der Waals surface area contributed by atoms with Crippen molar-refractivity contribution < 1.29 is 14.3 Å². The molecule has 0 radical (unpaired) electrons. The van der Waals surface area contributed by atoms with Crippen LogP contribution in [0.25, 0.3) is 10.9 Å². The van der Waals surface area contributed by atoms with Gasteiger partial charge < -0.3 is 9.47 Å². The van der Waals surface area contributed by atoms with Crippen LogP contribution in [0.1, 0.15) is 16.9 Å². The van der Waals surface area contributed by atoms with E-state index < -0.39 is 5.97 Å². The molecule has 0 atom stereocenters. The van der Waals surface area contributed by atoms with Gasteiger partial charge in [-0.1, -0.05) is 36.4 Å². The molecule has 3 rings (SSSR count). The number of rotatable bonds is 6. The van der Waals surface area contributed by atoms with Crippen LogP contribution in [0.5, 0.6) is 5.75 Å². The van der Waals surface area contributed by atoms with Crippen LogP contribution >= 0.6 is 0 Å². The van der Waals surface area contributed by atoms with Gasteiger partial charge in [0.1, 0.15) is 5.75 Å². The van der Waals surface area contributed by atoms with Gasteiger partial charge in [0.25, 0.3) is 0 Å². The number of H-pyrrole nitrogens is 1. The normalized spacial score (nSPS) is 10.5. The molecule has 0 aliphatic heterocycles. The summed E-state index contributed by atoms with van der Waals surface area (Å²) in [6.07, 6.45) is 0.628. The van der Waals surface area contributed by atoms with Crippen LogP contribution in [-0.2, 0) is 4.74 Å². The highest BCUT2D eigenvalue weighted by Gasteiger charge is 2.14. The smallest absolute Gasteiger partial charge is 0.359 e. The number of fused-ring (bicyclic) bond motifs is 1. The van der Waals surface area contributed by atoms with Gasteiger partial charge in [-0.2, -0.15) is 5.10 Å². The first-order valence-electron chi connectivity index (χ1n) is 7.12. The first-order chi connectivity index (χ1) is 10.8. The highest BCUT2D eigenvalue weighted by molar-refractivity contribution is 6.01. The Balaban J connectivity index is 1.47. The second kappa shape index (κ2) is 6.76. The molecule has 5 nitrogen and oxygen atoms in total. The lowest BCUT2D eigenvalue weighted by molar-refractivity contribution is 0.0481. The molecule has 0 fully saturated rings. The van der Waals surface area contributed by atoms with Crippen LogP contribution in [0.4, 0.5) is 0 Å². The van der Waals surface area contributed by atoms with Crippen molar-refractivity contribution >= 4 is 16.9 Å². The monoisotopic (exact) mass is 296 g/mol. The number of benzene rings is 2. The Kier molecular flexibility index (Phi) is 4.34. The predicted molar refractivity (Wildman–Crippen MR) is 82.9 cm³/mol. The van der Waals surface area contributed by atoms with Crippen molar-refractivity contribution in [3.63, 3.8) is 0 Å². The number of hydrogen-bond acceptors (Lipinski definition) is 4. The van der Waals surface area contributed by atoms with E-state index in [2.05, 4.69) is 10.2 Å². The molecule has 0 bridgehead atoms. The molecule has 0 unspecified atom stereocenters. The number of carbonyl (C=O) groups is 1. The molecule has 22 heavy (non-hydrogen) atoms. The number of hydrogen-bond donors (Lipinski definition) is 1. The molecule has 2 aromatic carbocycles. The molecular weight excluding hydrogens is 280 g/mol. The first kappa shape index (κ1) is 14.1. The maximum absolute atomic E-state index is 12.0. The van der Waals surface area contributed by atoms with Crippen LogP contribution in [0.15, 0.2) is 54.6 Å². The zero-order valence-corrected chi connectivity index (χ0v) is 12.0. The molecule has 1 heterocycles. The predicted octanol–water partition coefficient (Wildman–Crippen LogP) is 3.19. The molecule has 0 saturated carbocycles. The number of nitrogens with zero attached hydrogens (tertiary/aromatic N) is 1. The third-order valence-corrected chi connectivity index (χ3v) is 3.20. The first-order valence-corrected chi connectivity index (χ1v) is 7.12. The highest BCUT2D eigenvalue weighted by Crippen LogP contribution is 2.16. The van der Waals surface area contributed by atoms with Gasteiger partial charge in [-0.15, -0.1) is 0 Å². The lowest BCUT2D eigenvalue weighted by Crippen LogP contribution is -2.10. The molecule has 0 spiro atoms. The Morgan fingerprint density at radius 3 is 2.64 bits per heavy atom. The number of nitrogens with one attached hydrogen (secondary N) is 1. The fourth-order valence-corrected chi connectivity index (χ4v) is 2.12. The van der Waals surface area contributed by atoms with Crippen molar-refractivity contribution in [2.24, 2.45) is 0 Å². The Labute approximate surface area is 127 Å². The zero-order valence-electron chi connectivity index (χ0n) is 12.0. The zero-order chi connectivity index (χ0) is 15.2. The van der Waals surface area contributed by atoms with E-state index >= 15 is 0 Å². The Morgan fingerprint density at radius 2 is 1.77 bits per heavy atom. The van der Waals surface area contributed by atoms with E-state index in [1.807, 2.05) is 54.6 Å². The third-order valence-electron chi connectivity index (χ3n) is 3.20. The van der Waals surface area contributed by atoms with Crippen molar-refractivity contribution in [3.05, 3.63) is 60.3 Å². The van der Waals surface area contributed by atoms with E-state index in [4.69, 9.17) is 9.47 Å². The summed E-state index contributed by atoms with van der Waals surface area (Å²) in [6.45, 7) is 0.797. The molecule has 5 heteroatoms. The van der Waals surface area contributed by atoms with Gasteiger partial charge in [0.2, 0.25) is 0 Å². The lowest BCUT2D eigenvalue weighted by atomic mass is 10.2. The molecule has 0 aliphatic rings. The van der Waals surface area contributed by atoms with Crippen molar-refractivity contribution in [2.75, 3.05) is 13.2 Å². The number of carbonyl (C=O) groups excluding carboxylic acids is 1. The van der Waals surface area contributed by atoms with Gasteiger partial charge in [-0.25, -0.2) is 4.79 Å². The van der Waals surface area contributed by atoms with Crippen molar-refractivity contribution in [1.29, 1.82) is 0 Å². The topological polar surface area (TPSA) is 64.2 Å². The van der Waals surface area contributed by atoms with Crippen LogP contribution in [-0.4, -0.2) is 29.4 Å². The lowest BCUT2D eigenvalue weighted by Gasteiger charge is -2.06. The Morgan fingerprint density at radius 1 is 1.00 bits per heavy atom. The van der Waals surface area contributed by atoms with Gasteiger partial charge in [-0.05, 0) is 18.2 Å². The number of aromatic amines is 1. The Bertz CT molecular complexity index is 753. The second-order valence-corrected chi connectivity index (χ2v) is 4.77. The van der Waals surface area contributed by atoms with Gasteiger partial charge in [0.15, 0.2) is 5.69 Å². The van der Waals surface area contributed by atoms with Crippen LogP contribution in [0.3, 0.4) is 0 Å². The largest absolute Gasteiger partial charge is 0.493 e. The summed E-state index contributed by atoms with van der Waals surface area (Å²) >= 11 is 0. The van der Waals surface area contributed by atoms with E-state index in [1.165, 1.54) is 0 Å². The van der Waals surface area contributed by atoms with E-state index in [0.717, 1.165) is 16.7 Å². The minimum absolute atomic E-state index is 0.298. The summed E-state index contributed by atoms with van der Waals surface area (Å²) in [5.74, 6) is 0.393. The Hall–Kier alpha value is -2.82. The van der Waals surface area contributed by atoms with Gasteiger partial charge in [0.05, 0.1) is 18.7 Å². The van der Waals surface area contributed by atoms with Crippen molar-refractivity contribution in [1.82, 2.24) is 10.2 Å².